The number of nitrogens with two attached hydrogens (primary N) is 1. The lowest BCUT2D eigenvalue weighted by Crippen LogP contribution is -2.19. The van der Waals surface area contributed by atoms with Gasteiger partial charge in [0.2, 0.25) is 11.1 Å². The molecular weight excluding hydrogens is 346 g/mol. The third-order valence-corrected chi connectivity index (χ3v) is 5.71. The van der Waals surface area contributed by atoms with Gasteiger partial charge in [-0.15, -0.1) is 10.2 Å². The molecule has 1 aromatic heterocycles. The lowest BCUT2D eigenvalue weighted by Gasteiger charge is -2.20. The molecule has 26 heavy (non-hydrogen) atoms. The standard InChI is InChI=1S/C19H27N5OS/c1-2-6-14-9-11-16(12-10-14)21-17(25)13-26-19-23-22-18(24(19)20)15-7-4-3-5-8-15/h9-12,15H,2-8,13,20H2,1H3,(H,21,25). The molecule has 3 N–H and O–H groups in total. The first-order chi connectivity index (χ1) is 12.7. The Morgan fingerprint density at radius 1 is 1.23 bits per heavy atom. The molecule has 7 heteroatoms. The van der Waals surface area contributed by atoms with Crippen LogP contribution >= 0.6 is 11.8 Å². The van der Waals surface area contributed by atoms with Crippen molar-refractivity contribution >= 4 is 23.4 Å². The van der Waals surface area contributed by atoms with Crippen molar-refractivity contribution in [3.63, 3.8) is 0 Å². The number of hydrogen-bond acceptors (Lipinski definition) is 5. The number of nitrogen functional groups attached to an aromatic ring is 1. The minimum Gasteiger partial charge on any atom is -0.336 e. The molecule has 3 rings (SSSR count). The molecule has 1 aliphatic carbocycles. The molecule has 0 unspecified atom stereocenters. The van der Waals surface area contributed by atoms with Gasteiger partial charge in [0.05, 0.1) is 5.75 Å². The number of aromatic nitrogens is 3. The Labute approximate surface area is 158 Å². The first kappa shape index (κ1) is 18.8. The number of nitrogens with one attached hydrogen (secondary N) is 1. The van der Waals surface area contributed by atoms with E-state index in [0.717, 1.165) is 37.2 Å². The van der Waals surface area contributed by atoms with Crippen LogP contribution < -0.4 is 11.2 Å². The molecule has 1 fully saturated rings. The maximum atomic E-state index is 12.2. The average molecular weight is 374 g/mol. The Hall–Kier alpha value is -2.02. The summed E-state index contributed by atoms with van der Waals surface area (Å²) in [7, 11) is 0. The topological polar surface area (TPSA) is 85.8 Å². The fraction of sp³-hybridized carbons (Fsp3) is 0.526. The first-order valence-electron chi connectivity index (χ1n) is 9.39. The largest absolute Gasteiger partial charge is 0.336 e. The Bertz CT molecular complexity index is 722. The van der Waals surface area contributed by atoms with E-state index in [9.17, 15) is 4.79 Å². The zero-order valence-electron chi connectivity index (χ0n) is 15.3. The van der Waals surface area contributed by atoms with E-state index in [2.05, 4.69) is 34.6 Å². The molecule has 1 amide bonds. The van der Waals surface area contributed by atoms with Crippen LogP contribution in [0.15, 0.2) is 29.4 Å². The van der Waals surface area contributed by atoms with E-state index >= 15 is 0 Å². The number of aryl methyl sites for hydroxylation is 1. The van der Waals surface area contributed by atoms with Gasteiger partial charge < -0.3 is 11.2 Å². The molecule has 0 saturated heterocycles. The van der Waals surface area contributed by atoms with Crippen molar-refractivity contribution in [2.45, 2.75) is 62.9 Å². The molecule has 0 atom stereocenters. The summed E-state index contributed by atoms with van der Waals surface area (Å²) < 4.78 is 1.56. The van der Waals surface area contributed by atoms with Crippen LogP contribution in [0.4, 0.5) is 5.69 Å². The SMILES string of the molecule is CCCc1ccc(NC(=O)CSc2nnc(C3CCCCC3)n2N)cc1. The Morgan fingerprint density at radius 2 is 1.96 bits per heavy atom. The van der Waals surface area contributed by atoms with Gasteiger partial charge in [0.15, 0.2) is 5.82 Å². The molecule has 6 nitrogen and oxygen atoms in total. The van der Waals surface area contributed by atoms with Crippen molar-refractivity contribution in [3.8, 4) is 0 Å². The summed E-state index contributed by atoms with van der Waals surface area (Å²) in [5, 5.41) is 11.9. The van der Waals surface area contributed by atoms with Gasteiger partial charge in [0.1, 0.15) is 0 Å². The number of thioether (sulfide) groups is 1. The van der Waals surface area contributed by atoms with E-state index in [1.54, 1.807) is 4.68 Å². The van der Waals surface area contributed by atoms with E-state index < -0.39 is 0 Å². The molecule has 0 aliphatic heterocycles. The van der Waals surface area contributed by atoms with Gasteiger partial charge in [0.25, 0.3) is 0 Å². The first-order valence-corrected chi connectivity index (χ1v) is 10.4. The number of amides is 1. The van der Waals surface area contributed by atoms with Crippen LogP contribution in [-0.2, 0) is 11.2 Å². The number of anilines is 1. The Morgan fingerprint density at radius 3 is 2.65 bits per heavy atom. The van der Waals surface area contributed by atoms with Gasteiger partial charge in [-0.3, -0.25) is 4.79 Å². The van der Waals surface area contributed by atoms with Crippen molar-refractivity contribution in [2.24, 2.45) is 0 Å². The Kier molecular flexibility index (Phi) is 6.55. The van der Waals surface area contributed by atoms with Crippen LogP contribution in [0.2, 0.25) is 0 Å². The molecule has 1 aliphatic rings. The lowest BCUT2D eigenvalue weighted by molar-refractivity contribution is -0.113. The number of carbonyl (C=O) groups is 1. The zero-order valence-corrected chi connectivity index (χ0v) is 16.1. The van der Waals surface area contributed by atoms with Crippen LogP contribution in [0.1, 0.15) is 62.8 Å². The fourth-order valence-electron chi connectivity index (χ4n) is 3.40. The van der Waals surface area contributed by atoms with Gasteiger partial charge in [-0.2, -0.15) is 0 Å². The van der Waals surface area contributed by atoms with Crippen molar-refractivity contribution in [2.75, 3.05) is 16.9 Å². The maximum absolute atomic E-state index is 12.2. The molecular formula is C19H27N5OS. The zero-order chi connectivity index (χ0) is 18.4. The second-order valence-corrected chi connectivity index (χ2v) is 7.77. The van der Waals surface area contributed by atoms with Crippen molar-refractivity contribution < 1.29 is 4.79 Å². The molecule has 140 valence electrons. The molecule has 0 radical (unpaired) electrons. The smallest absolute Gasteiger partial charge is 0.234 e. The van der Waals surface area contributed by atoms with Crippen molar-refractivity contribution in [1.82, 2.24) is 14.9 Å². The van der Waals surface area contributed by atoms with Crippen LogP contribution in [0.5, 0.6) is 0 Å². The molecule has 1 aromatic carbocycles. The van der Waals surface area contributed by atoms with E-state index in [-0.39, 0.29) is 11.7 Å². The van der Waals surface area contributed by atoms with Gasteiger partial charge in [-0.25, -0.2) is 4.68 Å². The molecule has 0 spiro atoms. The minimum absolute atomic E-state index is 0.0690. The van der Waals surface area contributed by atoms with Gasteiger partial charge >= 0.3 is 0 Å². The highest BCUT2D eigenvalue weighted by molar-refractivity contribution is 7.99. The highest BCUT2D eigenvalue weighted by atomic mass is 32.2. The number of nitrogens with zero attached hydrogens (tertiary/aromatic N) is 3. The van der Waals surface area contributed by atoms with E-state index in [1.807, 2.05) is 12.1 Å². The number of rotatable bonds is 7. The molecule has 0 bridgehead atoms. The van der Waals surface area contributed by atoms with E-state index in [4.69, 9.17) is 5.84 Å². The molecule has 1 saturated carbocycles. The minimum atomic E-state index is -0.0690. The van der Waals surface area contributed by atoms with Crippen LogP contribution in [-0.4, -0.2) is 26.5 Å². The summed E-state index contributed by atoms with van der Waals surface area (Å²) in [4.78, 5) is 12.2. The average Bonchev–Trinajstić information content (AvgIpc) is 3.03. The van der Waals surface area contributed by atoms with Gasteiger partial charge in [0, 0.05) is 11.6 Å². The van der Waals surface area contributed by atoms with Gasteiger partial charge in [-0.1, -0.05) is 56.5 Å². The highest BCUT2D eigenvalue weighted by Gasteiger charge is 2.22. The third kappa shape index (κ3) is 4.78. The second-order valence-electron chi connectivity index (χ2n) is 6.83. The summed E-state index contributed by atoms with van der Waals surface area (Å²) in [5.74, 6) is 7.59. The maximum Gasteiger partial charge on any atom is 0.234 e. The Balaban J connectivity index is 1.52. The number of hydrogen-bond donors (Lipinski definition) is 2. The lowest BCUT2D eigenvalue weighted by atomic mass is 9.89. The summed E-state index contributed by atoms with van der Waals surface area (Å²) in [5.41, 5.74) is 2.10. The van der Waals surface area contributed by atoms with E-state index in [1.165, 1.54) is 36.6 Å². The summed E-state index contributed by atoms with van der Waals surface area (Å²) in [6.07, 6.45) is 8.14. The second kappa shape index (κ2) is 9.07. The predicted octanol–water partition coefficient (Wildman–Crippen LogP) is 3.72. The summed E-state index contributed by atoms with van der Waals surface area (Å²) in [6.45, 7) is 2.16. The van der Waals surface area contributed by atoms with Crippen molar-refractivity contribution in [3.05, 3.63) is 35.7 Å². The quantitative estimate of drug-likeness (QED) is 0.570. The fourth-order valence-corrected chi connectivity index (χ4v) is 4.06. The van der Waals surface area contributed by atoms with Gasteiger partial charge in [-0.05, 0) is 37.0 Å². The third-order valence-electron chi connectivity index (χ3n) is 4.77. The van der Waals surface area contributed by atoms with E-state index in [0.29, 0.717) is 11.1 Å². The number of benzene rings is 1. The monoisotopic (exact) mass is 373 g/mol. The van der Waals surface area contributed by atoms with Crippen LogP contribution in [0, 0.1) is 0 Å². The summed E-state index contributed by atoms with van der Waals surface area (Å²) in [6, 6.07) is 8.00. The van der Waals surface area contributed by atoms with Crippen LogP contribution in [0.25, 0.3) is 0 Å². The predicted molar refractivity (Wildman–Crippen MR) is 106 cm³/mol. The summed E-state index contributed by atoms with van der Waals surface area (Å²) >= 11 is 1.32. The normalized spacial score (nSPS) is 15.1. The van der Waals surface area contributed by atoms with Crippen LogP contribution in [0.3, 0.4) is 0 Å². The number of carbonyl (C=O) groups excluding carboxylic acids is 1. The molecule has 1 heterocycles. The highest BCUT2D eigenvalue weighted by Crippen LogP contribution is 2.32. The van der Waals surface area contributed by atoms with Crippen molar-refractivity contribution in [1.29, 1.82) is 0 Å². The molecule has 2 aromatic rings.